The molecule has 2 rings (SSSR count). The first-order chi connectivity index (χ1) is 9.93. The summed E-state index contributed by atoms with van der Waals surface area (Å²) in [4.78, 5) is 4.49. The Balaban J connectivity index is 2.21. The summed E-state index contributed by atoms with van der Waals surface area (Å²) >= 11 is 3.44. The van der Waals surface area contributed by atoms with E-state index in [9.17, 15) is 0 Å². The van der Waals surface area contributed by atoms with Crippen molar-refractivity contribution in [2.24, 2.45) is 5.41 Å². The summed E-state index contributed by atoms with van der Waals surface area (Å²) in [7, 11) is 1.73. The normalized spacial score (nSPS) is 11.8. The maximum Gasteiger partial charge on any atom is 0.0954 e. The van der Waals surface area contributed by atoms with Crippen LogP contribution in [0.5, 0.6) is 0 Å². The Kier molecular flexibility index (Phi) is 5.06. The zero-order valence-electron chi connectivity index (χ0n) is 12.7. The number of rotatable bonds is 6. The van der Waals surface area contributed by atoms with Gasteiger partial charge in [0.15, 0.2) is 0 Å². The van der Waals surface area contributed by atoms with E-state index < -0.39 is 0 Å². The average Bonchev–Trinajstić information content (AvgIpc) is 2.45. The molecule has 0 aliphatic carbocycles. The summed E-state index contributed by atoms with van der Waals surface area (Å²) in [6, 6.07) is 5.91. The summed E-state index contributed by atoms with van der Waals surface area (Å²) in [5, 5.41) is 4.46. The first kappa shape index (κ1) is 16.0. The number of hydrogen-bond acceptors (Lipinski definition) is 4. The Morgan fingerprint density at radius 1 is 1.38 bits per heavy atom. The average molecular weight is 352 g/mol. The molecule has 3 N–H and O–H groups in total. The van der Waals surface area contributed by atoms with Crippen molar-refractivity contribution in [3.63, 3.8) is 0 Å². The van der Waals surface area contributed by atoms with Crippen molar-refractivity contribution in [1.82, 2.24) is 4.98 Å². The van der Waals surface area contributed by atoms with Gasteiger partial charge >= 0.3 is 0 Å². The minimum absolute atomic E-state index is 0.152. The van der Waals surface area contributed by atoms with Crippen LogP contribution in [0.25, 0.3) is 10.9 Å². The smallest absolute Gasteiger partial charge is 0.0954 e. The van der Waals surface area contributed by atoms with Gasteiger partial charge < -0.3 is 15.8 Å². The second-order valence-electron chi connectivity index (χ2n) is 6.01. The molecule has 1 heterocycles. The minimum atomic E-state index is 0.152. The number of aromatic nitrogens is 1. The number of methoxy groups -OCH3 is 1. The molecule has 0 bridgehead atoms. The maximum atomic E-state index is 6.04. The number of fused-ring (bicyclic) bond motifs is 1. The zero-order chi connectivity index (χ0) is 15.5. The van der Waals surface area contributed by atoms with E-state index >= 15 is 0 Å². The third-order valence-electron chi connectivity index (χ3n) is 3.59. The molecule has 4 nitrogen and oxygen atoms in total. The number of hydrogen-bond donors (Lipinski definition) is 2. The molecule has 0 fully saturated rings. The summed E-state index contributed by atoms with van der Waals surface area (Å²) in [6.07, 6.45) is 2.80. The zero-order valence-corrected chi connectivity index (χ0v) is 14.3. The standard InChI is InChI=1S/C16H22BrN3O/c1-16(2,6-7-21-3)10-20-14-5-4-13(18)12-8-11(17)9-19-15(12)14/h4-5,8-9,20H,6-7,10,18H2,1-3H3. The van der Waals surface area contributed by atoms with E-state index in [1.807, 2.05) is 18.2 Å². The van der Waals surface area contributed by atoms with E-state index in [0.717, 1.165) is 46.3 Å². The van der Waals surface area contributed by atoms with Crippen LogP contribution in [0.15, 0.2) is 28.9 Å². The van der Waals surface area contributed by atoms with Crippen LogP contribution in [0.4, 0.5) is 11.4 Å². The number of nitrogens with zero attached hydrogens (tertiary/aromatic N) is 1. The van der Waals surface area contributed by atoms with E-state index in [0.29, 0.717) is 0 Å². The molecular weight excluding hydrogens is 330 g/mol. The van der Waals surface area contributed by atoms with E-state index in [1.54, 1.807) is 13.3 Å². The molecule has 0 aliphatic heterocycles. The molecule has 2 aromatic rings. The fourth-order valence-corrected chi connectivity index (χ4v) is 2.49. The van der Waals surface area contributed by atoms with Gasteiger partial charge in [-0.3, -0.25) is 4.98 Å². The lowest BCUT2D eigenvalue weighted by atomic mass is 9.89. The highest BCUT2D eigenvalue weighted by molar-refractivity contribution is 9.10. The number of pyridine rings is 1. The number of anilines is 2. The largest absolute Gasteiger partial charge is 0.398 e. The molecule has 21 heavy (non-hydrogen) atoms. The van der Waals surface area contributed by atoms with Crippen LogP contribution in [0.1, 0.15) is 20.3 Å². The van der Waals surface area contributed by atoms with Gasteiger partial charge in [-0.1, -0.05) is 13.8 Å². The fraction of sp³-hybridized carbons (Fsp3) is 0.438. The molecular formula is C16H22BrN3O. The Labute approximate surface area is 134 Å². The molecule has 0 amide bonds. The quantitative estimate of drug-likeness (QED) is 0.770. The summed E-state index contributed by atoms with van der Waals surface area (Å²) < 4.78 is 6.10. The number of benzene rings is 1. The van der Waals surface area contributed by atoms with Crippen molar-refractivity contribution < 1.29 is 4.74 Å². The lowest BCUT2D eigenvalue weighted by Crippen LogP contribution is -2.24. The fourth-order valence-electron chi connectivity index (χ4n) is 2.16. The third-order valence-corrected chi connectivity index (χ3v) is 4.02. The number of nitrogen functional groups attached to an aromatic ring is 1. The van der Waals surface area contributed by atoms with Crippen LogP contribution in [0.3, 0.4) is 0 Å². The van der Waals surface area contributed by atoms with Gasteiger partial charge in [0, 0.05) is 42.0 Å². The van der Waals surface area contributed by atoms with Crippen molar-refractivity contribution >= 4 is 38.2 Å². The van der Waals surface area contributed by atoms with E-state index in [2.05, 4.69) is 40.1 Å². The van der Waals surface area contributed by atoms with Crippen LogP contribution in [0.2, 0.25) is 0 Å². The summed E-state index contributed by atoms with van der Waals surface area (Å²) in [6.45, 7) is 6.07. The van der Waals surface area contributed by atoms with Crippen molar-refractivity contribution in [3.8, 4) is 0 Å². The molecule has 0 radical (unpaired) electrons. The van der Waals surface area contributed by atoms with Crippen LogP contribution in [-0.2, 0) is 4.74 Å². The van der Waals surface area contributed by atoms with Crippen LogP contribution >= 0.6 is 15.9 Å². The van der Waals surface area contributed by atoms with Crippen LogP contribution in [-0.4, -0.2) is 25.2 Å². The SMILES string of the molecule is COCCC(C)(C)CNc1ccc(N)c2cc(Br)cnc12. The Bertz CT molecular complexity index is 628. The topological polar surface area (TPSA) is 60.2 Å². The van der Waals surface area contributed by atoms with E-state index in [1.165, 1.54) is 0 Å². The van der Waals surface area contributed by atoms with Gasteiger partial charge in [-0.2, -0.15) is 0 Å². The number of ether oxygens (including phenoxy) is 1. The molecule has 5 heteroatoms. The van der Waals surface area contributed by atoms with Crippen molar-refractivity contribution in [2.75, 3.05) is 31.3 Å². The van der Waals surface area contributed by atoms with Gasteiger partial charge in [-0.15, -0.1) is 0 Å². The molecule has 0 unspecified atom stereocenters. The second kappa shape index (κ2) is 6.62. The summed E-state index contributed by atoms with van der Waals surface area (Å²) in [5.74, 6) is 0. The Hall–Kier alpha value is -1.33. The first-order valence-corrected chi connectivity index (χ1v) is 7.79. The van der Waals surface area contributed by atoms with Gasteiger partial charge in [-0.05, 0) is 46.0 Å². The molecule has 1 aromatic carbocycles. The lowest BCUT2D eigenvalue weighted by molar-refractivity contribution is 0.157. The number of nitrogens with one attached hydrogen (secondary N) is 1. The maximum absolute atomic E-state index is 6.04. The molecule has 114 valence electrons. The Morgan fingerprint density at radius 2 is 2.14 bits per heavy atom. The van der Waals surface area contributed by atoms with Gasteiger partial charge in [0.1, 0.15) is 0 Å². The van der Waals surface area contributed by atoms with Crippen molar-refractivity contribution in [1.29, 1.82) is 0 Å². The van der Waals surface area contributed by atoms with Crippen LogP contribution in [0, 0.1) is 5.41 Å². The van der Waals surface area contributed by atoms with E-state index in [-0.39, 0.29) is 5.41 Å². The van der Waals surface area contributed by atoms with Gasteiger partial charge in [0.25, 0.3) is 0 Å². The highest BCUT2D eigenvalue weighted by Gasteiger charge is 2.18. The van der Waals surface area contributed by atoms with Gasteiger partial charge in [0.05, 0.1) is 11.2 Å². The molecule has 0 spiro atoms. The predicted molar refractivity (Wildman–Crippen MR) is 92.6 cm³/mol. The summed E-state index contributed by atoms with van der Waals surface area (Å²) in [5.41, 5.74) is 8.84. The van der Waals surface area contributed by atoms with Crippen molar-refractivity contribution in [3.05, 3.63) is 28.9 Å². The molecule has 0 aliphatic rings. The third kappa shape index (κ3) is 4.08. The van der Waals surface area contributed by atoms with Gasteiger partial charge in [0.2, 0.25) is 0 Å². The molecule has 0 saturated carbocycles. The predicted octanol–water partition coefficient (Wildman–Crippen LogP) is 4.05. The van der Waals surface area contributed by atoms with E-state index in [4.69, 9.17) is 10.5 Å². The van der Waals surface area contributed by atoms with Crippen molar-refractivity contribution in [2.45, 2.75) is 20.3 Å². The second-order valence-corrected chi connectivity index (χ2v) is 6.93. The van der Waals surface area contributed by atoms with Gasteiger partial charge in [-0.25, -0.2) is 0 Å². The highest BCUT2D eigenvalue weighted by Crippen LogP contribution is 2.30. The molecule has 0 saturated heterocycles. The highest BCUT2D eigenvalue weighted by atomic mass is 79.9. The molecule has 1 aromatic heterocycles. The number of halogens is 1. The minimum Gasteiger partial charge on any atom is -0.398 e. The number of nitrogens with two attached hydrogens (primary N) is 1. The lowest BCUT2D eigenvalue weighted by Gasteiger charge is -2.25. The van der Waals surface area contributed by atoms with Crippen LogP contribution < -0.4 is 11.1 Å². The monoisotopic (exact) mass is 351 g/mol. The molecule has 0 atom stereocenters. The Morgan fingerprint density at radius 3 is 2.86 bits per heavy atom. The first-order valence-electron chi connectivity index (χ1n) is 6.99.